The van der Waals surface area contributed by atoms with Gasteiger partial charge in [-0.05, 0) is 5.41 Å². The van der Waals surface area contributed by atoms with Crippen molar-refractivity contribution >= 4 is 5.84 Å². The minimum Gasteiger partial charge on any atom is -0.351 e. The Morgan fingerprint density at radius 1 is 1.40 bits per heavy atom. The first kappa shape index (κ1) is 7.58. The van der Waals surface area contributed by atoms with Crippen LogP contribution in [0.4, 0.5) is 0 Å². The van der Waals surface area contributed by atoms with Crippen LogP contribution in [0.2, 0.25) is 0 Å². The third-order valence-corrected chi connectivity index (χ3v) is 1.97. The van der Waals surface area contributed by atoms with Crippen LogP contribution in [-0.4, -0.2) is 30.9 Å². The van der Waals surface area contributed by atoms with Crippen molar-refractivity contribution in [3.05, 3.63) is 0 Å². The lowest BCUT2D eigenvalue weighted by atomic mass is 9.92. The molecule has 0 bridgehead atoms. The van der Waals surface area contributed by atoms with E-state index in [0.29, 0.717) is 11.5 Å². The van der Waals surface area contributed by atoms with Crippen LogP contribution in [0.5, 0.6) is 0 Å². The minimum absolute atomic E-state index is 0.351. The van der Waals surface area contributed by atoms with E-state index < -0.39 is 0 Å². The van der Waals surface area contributed by atoms with Crippen molar-refractivity contribution < 1.29 is 0 Å². The maximum absolute atomic E-state index is 4.17. The summed E-state index contributed by atoms with van der Waals surface area (Å²) in [4.78, 5) is 6.39. The van der Waals surface area contributed by atoms with E-state index in [1.54, 1.807) is 0 Å². The molecular formula is C8H16N2. The summed E-state index contributed by atoms with van der Waals surface area (Å²) in [6, 6.07) is 0.581. The normalized spacial score (nSPS) is 29.5. The molecule has 1 unspecified atom stereocenters. The lowest BCUT2D eigenvalue weighted by molar-refractivity contribution is 0.351. The smallest absolute Gasteiger partial charge is 0.123 e. The lowest BCUT2D eigenvalue weighted by Gasteiger charge is -2.14. The first-order chi connectivity index (χ1) is 4.48. The van der Waals surface area contributed by atoms with Gasteiger partial charge in [-0.1, -0.05) is 20.8 Å². The molecule has 1 fully saturated rings. The number of rotatable bonds is 0. The van der Waals surface area contributed by atoms with Crippen LogP contribution in [0.1, 0.15) is 20.8 Å². The molecule has 1 saturated heterocycles. The Hall–Kier alpha value is -0.530. The van der Waals surface area contributed by atoms with E-state index in [-0.39, 0.29) is 0 Å². The van der Waals surface area contributed by atoms with Crippen molar-refractivity contribution in [1.29, 1.82) is 0 Å². The van der Waals surface area contributed by atoms with Crippen molar-refractivity contribution in [2.75, 3.05) is 14.1 Å². The van der Waals surface area contributed by atoms with Gasteiger partial charge >= 0.3 is 0 Å². The zero-order chi connectivity index (χ0) is 7.94. The van der Waals surface area contributed by atoms with E-state index in [1.807, 2.05) is 7.05 Å². The van der Waals surface area contributed by atoms with E-state index >= 15 is 0 Å². The molecule has 1 rings (SSSR count). The quantitative estimate of drug-likeness (QED) is 0.464. The SMILES string of the molecule is CN=C1C(C(C)(C)C)N1C. The highest BCUT2D eigenvalue weighted by Crippen LogP contribution is 2.35. The van der Waals surface area contributed by atoms with Crippen LogP contribution >= 0.6 is 0 Å². The molecule has 1 heterocycles. The highest BCUT2D eigenvalue weighted by Gasteiger charge is 2.47. The molecule has 1 aliphatic rings. The molecule has 2 heteroatoms. The zero-order valence-corrected chi connectivity index (χ0v) is 7.47. The number of nitrogens with zero attached hydrogens (tertiary/aromatic N) is 2. The van der Waals surface area contributed by atoms with Crippen molar-refractivity contribution in [3.63, 3.8) is 0 Å². The minimum atomic E-state index is 0.351. The van der Waals surface area contributed by atoms with Gasteiger partial charge in [0, 0.05) is 14.1 Å². The summed E-state index contributed by atoms with van der Waals surface area (Å²) in [6.45, 7) is 6.73. The van der Waals surface area contributed by atoms with Crippen molar-refractivity contribution in [1.82, 2.24) is 4.90 Å². The van der Waals surface area contributed by atoms with Crippen LogP contribution < -0.4 is 0 Å². The molecule has 58 valence electrons. The van der Waals surface area contributed by atoms with E-state index in [2.05, 4.69) is 37.7 Å². The van der Waals surface area contributed by atoms with Gasteiger partial charge in [-0.3, -0.25) is 4.99 Å². The molecule has 0 spiro atoms. The van der Waals surface area contributed by atoms with E-state index in [4.69, 9.17) is 0 Å². The Kier molecular flexibility index (Phi) is 1.50. The monoisotopic (exact) mass is 140 g/mol. The van der Waals surface area contributed by atoms with Gasteiger partial charge in [0.05, 0.1) is 6.04 Å². The van der Waals surface area contributed by atoms with Gasteiger partial charge in [0.25, 0.3) is 0 Å². The highest BCUT2D eigenvalue weighted by atomic mass is 15.4. The van der Waals surface area contributed by atoms with Crippen LogP contribution in [-0.2, 0) is 0 Å². The first-order valence-electron chi connectivity index (χ1n) is 3.68. The predicted molar refractivity (Wildman–Crippen MR) is 44.4 cm³/mol. The summed E-state index contributed by atoms with van der Waals surface area (Å²) >= 11 is 0. The molecule has 0 amide bonds. The molecular weight excluding hydrogens is 124 g/mol. The fourth-order valence-electron chi connectivity index (χ4n) is 1.52. The molecule has 10 heavy (non-hydrogen) atoms. The largest absolute Gasteiger partial charge is 0.351 e. The fourth-order valence-corrected chi connectivity index (χ4v) is 1.52. The standard InChI is InChI=1S/C8H16N2/c1-8(2,3)6-7(9-4)10(6)5/h6H,1-5H3. The third kappa shape index (κ3) is 1.02. The Morgan fingerprint density at radius 3 is 2.00 bits per heavy atom. The van der Waals surface area contributed by atoms with Gasteiger partial charge < -0.3 is 4.90 Å². The summed E-state index contributed by atoms with van der Waals surface area (Å²) in [7, 11) is 3.95. The average molecular weight is 140 g/mol. The highest BCUT2D eigenvalue weighted by molar-refractivity contribution is 6.02. The van der Waals surface area contributed by atoms with Gasteiger partial charge in [0.1, 0.15) is 5.84 Å². The molecule has 0 N–H and O–H groups in total. The molecule has 0 aromatic rings. The topological polar surface area (TPSA) is 15.4 Å². The number of aliphatic imine (C=N–C) groups is 1. The van der Waals surface area contributed by atoms with Gasteiger partial charge in [-0.15, -0.1) is 0 Å². The van der Waals surface area contributed by atoms with Gasteiger partial charge in [-0.2, -0.15) is 0 Å². The van der Waals surface area contributed by atoms with Gasteiger partial charge in [-0.25, -0.2) is 0 Å². The number of hydrogen-bond acceptors (Lipinski definition) is 1. The predicted octanol–water partition coefficient (Wildman–Crippen LogP) is 1.37. The summed E-state index contributed by atoms with van der Waals surface area (Å²) < 4.78 is 0. The fraction of sp³-hybridized carbons (Fsp3) is 0.875. The third-order valence-electron chi connectivity index (χ3n) is 1.97. The van der Waals surface area contributed by atoms with E-state index in [9.17, 15) is 0 Å². The van der Waals surface area contributed by atoms with Crippen molar-refractivity contribution in [2.45, 2.75) is 26.8 Å². The lowest BCUT2D eigenvalue weighted by Crippen LogP contribution is -2.17. The maximum atomic E-state index is 4.17. The van der Waals surface area contributed by atoms with Crippen LogP contribution in [0.25, 0.3) is 0 Å². The van der Waals surface area contributed by atoms with Gasteiger partial charge in [0.15, 0.2) is 0 Å². The molecule has 0 aromatic heterocycles. The van der Waals surface area contributed by atoms with E-state index in [1.165, 1.54) is 5.84 Å². The molecule has 0 aliphatic carbocycles. The number of likely N-dealkylation sites (N-methyl/N-ethyl adjacent to an activating group) is 1. The summed E-state index contributed by atoms with van der Waals surface area (Å²) in [5.74, 6) is 1.24. The summed E-state index contributed by atoms with van der Waals surface area (Å²) in [5, 5.41) is 0. The Bertz CT molecular complexity index is 165. The number of amidine groups is 1. The Morgan fingerprint density at radius 2 is 1.90 bits per heavy atom. The first-order valence-corrected chi connectivity index (χ1v) is 3.68. The molecule has 0 aromatic carbocycles. The molecule has 0 radical (unpaired) electrons. The van der Waals surface area contributed by atoms with Crippen molar-refractivity contribution in [3.8, 4) is 0 Å². The van der Waals surface area contributed by atoms with E-state index in [0.717, 1.165) is 0 Å². The van der Waals surface area contributed by atoms with Crippen LogP contribution in [0.3, 0.4) is 0 Å². The molecule has 0 saturated carbocycles. The maximum Gasteiger partial charge on any atom is 0.123 e. The van der Waals surface area contributed by atoms with Crippen LogP contribution in [0, 0.1) is 5.41 Å². The second-order valence-electron chi connectivity index (χ2n) is 3.96. The molecule has 2 nitrogen and oxygen atoms in total. The second-order valence-corrected chi connectivity index (χ2v) is 3.96. The summed E-state index contributed by atoms with van der Waals surface area (Å²) in [6.07, 6.45) is 0. The Labute approximate surface area is 62.9 Å². The Balaban J connectivity index is 2.66. The average Bonchev–Trinajstić information content (AvgIpc) is 2.39. The number of hydrogen-bond donors (Lipinski definition) is 0. The summed E-state index contributed by atoms with van der Waals surface area (Å²) in [5.41, 5.74) is 0.351. The molecule has 1 aliphatic heterocycles. The van der Waals surface area contributed by atoms with Crippen LogP contribution in [0.15, 0.2) is 4.99 Å². The van der Waals surface area contributed by atoms with Crippen molar-refractivity contribution in [2.24, 2.45) is 10.4 Å². The molecule has 1 atom stereocenters. The zero-order valence-electron chi connectivity index (χ0n) is 7.47. The van der Waals surface area contributed by atoms with Gasteiger partial charge in [0.2, 0.25) is 0 Å². The second kappa shape index (κ2) is 1.97.